The van der Waals surface area contributed by atoms with Crippen molar-refractivity contribution in [2.24, 2.45) is 0 Å². The third-order valence-electron chi connectivity index (χ3n) is 3.33. The first kappa shape index (κ1) is 19.5. The van der Waals surface area contributed by atoms with Crippen molar-refractivity contribution in [3.05, 3.63) is 59.1 Å². The Hall–Kier alpha value is -2.86. The number of esters is 1. The van der Waals surface area contributed by atoms with Crippen molar-refractivity contribution in [3.8, 4) is 5.75 Å². The van der Waals surface area contributed by atoms with Crippen LogP contribution in [0.1, 0.15) is 23.7 Å². The summed E-state index contributed by atoms with van der Waals surface area (Å²) in [4.78, 5) is 35.0. The summed E-state index contributed by atoms with van der Waals surface area (Å²) in [5.41, 5.74) is 0.975. The maximum atomic E-state index is 12.0. The first-order valence-corrected chi connectivity index (χ1v) is 8.33. The van der Waals surface area contributed by atoms with Crippen molar-refractivity contribution in [1.29, 1.82) is 0 Å². The van der Waals surface area contributed by atoms with Gasteiger partial charge in [-0.25, -0.2) is 4.79 Å². The van der Waals surface area contributed by atoms with Crippen LogP contribution in [0.5, 0.6) is 5.75 Å². The van der Waals surface area contributed by atoms with Gasteiger partial charge in [-0.15, -0.1) is 0 Å². The zero-order valence-corrected chi connectivity index (χ0v) is 14.9. The molecule has 6 nitrogen and oxygen atoms in total. The number of hydrogen-bond donors (Lipinski definition) is 1. The Balaban J connectivity index is 1.78. The highest BCUT2D eigenvalue weighted by Gasteiger charge is 2.11. The number of amides is 1. The molecule has 0 fully saturated rings. The fourth-order valence-corrected chi connectivity index (χ4v) is 2.14. The zero-order valence-electron chi connectivity index (χ0n) is 14.2. The molecule has 136 valence electrons. The molecule has 1 N–H and O–H groups in total. The number of ketones is 1. The van der Waals surface area contributed by atoms with Crippen LogP contribution in [-0.2, 0) is 14.3 Å². The quantitative estimate of drug-likeness (QED) is 0.564. The zero-order chi connectivity index (χ0) is 18.9. The van der Waals surface area contributed by atoms with Crippen molar-refractivity contribution < 1.29 is 23.9 Å². The molecular formula is C19H18ClNO5. The van der Waals surface area contributed by atoms with Gasteiger partial charge in [-0.1, -0.05) is 24.6 Å². The number of halogens is 1. The molecule has 0 aliphatic rings. The number of benzene rings is 2. The number of Topliss-reactive ketones (excluding diaryl/α,β-unsaturated/α-hetero) is 1. The first-order valence-electron chi connectivity index (χ1n) is 7.95. The average Bonchev–Trinajstić information content (AvgIpc) is 2.65. The van der Waals surface area contributed by atoms with Crippen LogP contribution in [0.2, 0.25) is 5.02 Å². The Labute approximate surface area is 156 Å². The molecule has 0 aliphatic carbocycles. The second-order valence-electron chi connectivity index (χ2n) is 5.31. The Morgan fingerprint density at radius 1 is 1.04 bits per heavy atom. The van der Waals surface area contributed by atoms with Gasteiger partial charge in [0.25, 0.3) is 0 Å². The molecular weight excluding hydrogens is 358 g/mol. The minimum atomic E-state index is -0.662. The van der Waals surface area contributed by atoms with Crippen LogP contribution in [0.15, 0.2) is 48.5 Å². The van der Waals surface area contributed by atoms with E-state index in [2.05, 4.69) is 5.32 Å². The first-order chi connectivity index (χ1) is 12.5. The molecule has 0 aromatic heterocycles. The summed E-state index contributed by atoms with van der Waals surface area (Å²) in [7, 11) is 0. The molecule has 2 rings (SSSR count). The minimum absolute atomic E-state index is 0.113. The number of carbonyl (C=O) groups excluding carboxylic acids is 3. The highest BCUT2D eigenvalue weighted by atomic mass is 35.5. The summed E-state index contributed by atoms with van der Waals surface area (Å²) in [5, 5.41) is 3.17. The monoisotopic (exact) mass is 375 g/mol. The summed E-state index contributed by atoms with van der Waals surface area (Å²) in [6.07, 6.45) is 0.369. The summed E-state index contributed by atoms with van der Waals surface area (Å²) >= 11 is 5.81. The lowest BCUT2D eigenvalue weighted by Crippen LogP contribution is -2.19. The summed E-state index contributed by atoms with van der Waals surface area (Å²) in [6.45, 7) is 1.03. The van der Waals surface area contributed by atoms with Crippen LogP contribution >= 0.6 is 11.6 Å². The smallest absolute Gasteiger partial charge is 0.344 e. The normalized spacial score (nSPS) is 10.1. The van der Waals surface area contributed by atoms with Crippen LogP contribution < -0.4 is 10.1 Å². The molecule has 0 saturated carbocycles. The van der Waals surface area contributed by atoms with E-state index in [9.17, 15) is 14.4 Å². The van der Waals surface area contributed by atoms with E-state index >= 15 is 0 Å². The number of rotatable bonds is 8. The molecule has 0 atom stereocenters. The second kappa shape index (κ2) is 9.58. The Morgan fingerprint density at radius 3 is 2.42 bits per heavy atom. The van der Waals surface area contributed by atoms with E-state index in [4.69, 9.17) is 21.1 Å². The van der Waals surface area contributed by atoms with Crippen molar-refractivity contribution in [2.75, 3.05) is 18.5 Å². The Kier molecular flexibility index (Phi) is 7.17. The van der Waals surface area contributed by atoms with E-state index in [1.807, 2.05) is 0 Å². The van der Waals surface area contributed by atoms with Gasteiger partial charge >= 0.3 is 5.97 Å². The summed E-state index contributed by atoms with van der Waals surface area (Å²) in [5.74, 6) is -0.692. The van der Waals surface area contributed by atoms with Gasteiger partial charge in [0.05, 0.1) is 0 Å². The van der Waals surface area contributed by atoms with Gasteiger partial charge < -0.3 is 14.8 Å². The standard InChI is InChI=1S/C19H18ClNO5/c1-2-18(23)21-15-8-6-13(7-9-15)17(22)11-26-19(24)12-25-16-5-3-4-14(20)10-16/h3-10H,2,11-12H2,1H3,(H,21,23). The molecule has 0 radical (unpaired) electrons. The van der Waals surface area contributed by atoms with E-state index in [0.717, 1.165) is 0 Å². The van der Waals surface area contributed by atoms with E-state index in [1.54, 1.807) is 55.5 Å². The number of nitrogens with one attached hydrogen (secondary N) is 1. The van der Waals surface area contributed by atoms with Crippen LogP contribution in [-0.4, -0.2) is 30.9 Å². The third-order valence-corrected chi connectivity index (χ3v) is 3.56. The lowest BCUT2D eigenvalue weighted by molar-refractivity contribution is -0.144. The molecule has 1 amide bonds. The number of hydrogen-bond acceptors (Lipinski definition) is 5. The fourth-order valence-electron chi connectivity index (χ4n) is 1.96. The second-order valence-corrected chi connectivity index (χ2v) is 5.75. The lowest BCUT2D eigenvalue weighted by Gasteiger charge is -2.08. The predicted octanol–water partition coefficient (Wildman–Crippen LogP) is 3.49. The van der Waals surface area contributed by atoms with Gasteiger partial charge in [0.2, 0.25) is 5.91 Å². The van der Waals surface area contributed by atoms with Gasteiger partial charge in [-0.05, 0) is 42.5 Å². The van der Waals surface area contributed by atoms with Crippen molar-refractivity contribution in [1.82, 2.24) is 0 Å². The van der Waals surface area contributed by atoms with Crippen molar-refractivity contribution in [3.63, 3.8) is 0 Å². The summed E-state index contributed by atoms with van der Waals surface area (Å²) < 4.78 is 10.1. The fraction of sp³-hybridized carbons (Fsp3) is 0.211. The third kappa shape index (κ3) is 6.22. The molecule has 7 heteroatoms. The Bertz CT molecular complexity index is 789. The van der Waals surface area contributed by atoms with Gasteiger partial charge in [-0.3, -0.25) is 9.59 Å². The largest absolute Gasteiger partial charge is 0.482 e. The average molecular weight is 376 g/mol. The van der Waals surface area contributed by atoms with Crippen molar-refractivity contribution >= 4 is 34.9 Å². The molecule has 0 heterocycles. The van der Waals surface area contributed by atoms with E-state index in [1.165, 1.54) is 0 Å². The number of anilines is 1. The maximum absolute atomic E-state index is 12.0. The molecule has 0 saturated heterocycles. The Morgan fingerprint density at radius 2 is 1.77 bits per heavy atom. The minimum Gasteiger partial charge on any atom is -0.482 e. The summed E-state index contributed by atoms with van der Waals surface area (Å²) in [6, 6.07) is 13.0. The van der Waals surface area contributed by atoms with Gasteiger partial charge in [0.15, 0.2) is 19.0 Å². The highest BCUT2D eigenvalue weighted by Crippen LogP contribution is 2.17. The number of ether oxygens (including phenoxy) is 2. The molecule has 0 unspecified atom stereocenters. The van der Waals surface area contributed by atoms with Gasteiger partial charge in [0.1, 0.15) is 5.75 Å². The molecule has 2 aromatic rings. The maximum Gasteiger partial charge on any atom is 0.344 e. The number of carbonyl (C=O) groups is 3. The van der Waals surface area contributed by atoms with Crippen LogP contribution in [0.25, 0.3) is 0 Å². The van der Waals surface area contributed by atoms with E-state index < -0.39 is 12.6 Å². The van der Waals surface area contributed by atoms with Gasteiger partial charge in [-0.2, -0.15) is 0 Å². The van der Waals surface area contributed by atoms with Crippen LogP contribution in [0, 0.1) is 0 Å². The molecule has 0 spiro atoms. The van der Waals surface area contributed by atoms with Crippen molar-refractivity contribution in [2.45, 2.75) is 13.3 Å². The lowest BCUT2D eigenvalue weighted by atomic mass is 10.1. The van der Waals surface area contributed by atoms with E-state index in [0.29, 0.717) is 28.4 Å². The molecule has 0 bridgehead atoms. The van der Waals surface area contributed by atoms with Crippen LogP contribution in [0.4, 0.5) is 5.69 Å². The van der Waals surface area contributed by atoms with Gasteiger partial charge in [0, 0.05) is 22.7 Å². The van der Waals surface area contributed by atoms with Crippen LogP contribution in [0.3, 0.4) is 0 Å². The molecule has 26 heavy (non-hydrogen) atoms. The predicted molar refractivity (Wildman–Crippen MR) is 97.6 cm³/mol. The van der Waals surface area contributed by atoms with E-state index in [-0.39, 0.29) is 18.3 Å². The topological polar surface area (TPSA) is 81.7 Å². The highest BCUT2D eigenvalue weighted by molar-refractivity contribution is 6.30. The molecule has 0 aliphatic heterocycles. The SMILES string of the molecule is CCC(=O)Nc1ccc(C(=O)COC(=O)COc2cccc(Cl)c2)cc1. The molecule has 2 aromatic carbocycles.